The zero-order valence-corrected chi connectivity index (χ0v) is 16.3. The van der Waals surface area contributed by atoms with Crippen molar-refractivity contribution < 1.29 is 17.7 Å². The third-order valence-electron chi connectivity index (χ3n) is 5.30. The molecule has 1 aliphatic rings. The van der Waals surface area contributed by atoms with Gasteiger partial charge in [-0.1, -0.05) is 62.7 Å². The number of aromatic nitrogens is 2. The van der Waals surface area contributed by atoms with Crippen molar-refractivity contribution in [3.8, 4) is 11.4 Å². The van der Waals surface area contributed by atoms with Crippen LogP contribution in [-0.2, 0) is 12.6 Å². The molecule has 4 nitrogen and oxygen atoms in total. The van der Waals surface area contributed by atoms with Crippen LogP contribution in [0.2, 0.25) is 0 Å². The fourth-order valence-corrected chi connectivity index (χ4v) is 3.45. The predicted molar refractivity (Wildman–Crippen MR) is 102 cm³/mol. The van der Waals surface area contributed by atoms with Crippen LogP contribution < -0.4 is 5.32 Å². The number of unbranched alkanes of at least 4 members (excludes halogenated alkanes) is 6. The van der Waals surface area contributed by atoms with Crippen LogP contribution >= 0.6 is 0 Å². The molecule has 0 aliphatic carbocycles. The fraction of sp³-hybridized carbons (Fsp3) is 0.619. The van der Waals surface area contributed by atoms with Crippen molar-refractivity contribution in [1.29, 1.82) is 0 Å². The summed E-state index contributed by atoms with van der Waals surface area (Å²) in [5.74, 6) is 0.851. The number of halogens is 3. The van der Waals surface area contributed by atoms with Gasteiger partial charge in [-0.05, 0) is 24.5 Å². The number of aryl methyl sites for hydroxylation is 1. The summed E-state index contributed by atoms with van der Waals surface area (Å²) in [7, 11) is 0. The molecular weight excluding hydrogens is 367 g/mol. The lowest BCUT2D eigenvalue weighted by atomic mass is 9.97. The monoisotopic (exact) mass is 395 g/mol. The molecule has 154 valence electrons. The number of nitrogens with zero attached hydrogens (tertiary/aromatic N) is 2. The van der Waals surface area contributed by atoms with Gasteiger partial charge in [0, 0.05) is 18.7 Å². The van der Waals surface area contributed by atoms with E-state index >= 15 is 0 Å². The Balaban J connectivity index is 1.65. The van der Waals surface area contributed by atoms with Crippen molar-refractivity contribution in [2.45, 2.75) is 70.4 Å². The first kappa shape index (κ1) is 20.8. The van der Waals surface area contributed by atoms with Crippen molar-refractivity contribution in [3.05, 3.63) is 35.2 Å². The van der Waals surface area contributed by atoms with Crippen LogP contribution in [0, 0.1) is 0 Å². The van der Waals surface area contributed by atoms with Gasteiger partial charge < -0.3 is 9.84 Å². The van der Waals surface area contributed by atoms with E-state index in [2.05, 4.69) is 22.4 Å². The van der Waals surface area contributed by atoms with Crippen LogP contribution in [0.15, 0.2) is 22.7 Å². The van der Waals surface area contributed by atoms with Crippen LogP contribution in [0.3, 0.4) is 0 Å². The standard InChI is InChI=1S/C21H28F3N3O/c1-2-3-4-5-6-7-8-9-15-10-11-16(12-18(15)21(22,23)24)19-26-20(28-27-19)17-13-25-14-17/h10-12,17,25H,2-9,13-14H2,1H3. The maximum atomic E-state index is 13.6. The molecule has 1 saturated heterocycles. The molecule has 1 fully saturated rings. The summed E-state index contributed by atoms with van der Waals surface area (Å²) < 4.78 is 46.0. The van der Waals surface area contributed by atoms with E-state index in [1.807, 2.05) is 0 Å². The van der Waals surface area contributed by atoms with E-state index in [-0.39, 0.29) is 11.7 Å². The summed E-state index contributed by atoms with van der Waals surface area (Å²) >= 11 is 0. The Hall–Kier alpha value is -1.89. The summed E-state index contributed by atoms with van der Waals surface area (Å²) in [5.41, 5.74) is 0.0993. The highest BCUT2D eigenvalue weighted by atomic mass is 19.4. The second-order valence-corrected chi connectivity index (χ2v) is 7.55. The van der Waals surface area contributed by atoms with Gasteiger partial charge >= 0.3 is 6.18 Å². The van der Waals surface area contributed by atoms with Gasteiger partial charge in [0.15, 0.2) is 0 Å². The fourth-order valence-electron chi connectivity index (χ4n) is 3.45. The topological polar surface area (TPSA) is 51.0 Å². The van der Waals surface area contributed by atoms with E-state index in [4.69, 9.17) is 4.52 Å². The third kappa shape index (κ3) is 5.34. The molecule has 28 heavy (non-hydrogen) atoms. The first-order chi connectivity index (χ1) is 13.5. The van der Waals surface area contributed by atoms with E-state index in [0.29, 0.717) is 23.4 Å². The molecular formula is C21H28F3N3O. The summed E-state index contributed by atoms with van der Waals surface area (Å²) in [6, 6.07) is 4.39. The largest absolute Gasteiger partial charge is 0.416 e. The zero-order chi connectivity index (χ0) is 20.0. The maximum Gasteiger partial charge on any atom is 0.416 e. The number of benzene rings is 1. The lowest BCUT2D eigenvalue weighted by Crippen LogP contribution is -2.40. The zero-order valence-electron chi connectivity index (χ0n) is 16.3. The van der Waals surface area contributed by atoms with Crippen molar-refractivity contribution in [2.75, 3.05) is 13.1 Å². The Morgan fingerprint density at radius 2 is 1.79 bits per heavy atom. The van der Waals surface area contributed by atoms with Crippen LogP contribution in [0.5, 0.6) is 0 Å². The van der Waals surface area contributed by atoms with Crippen LogP contribution in [0.4, 0.5) is 13.2 Å². The van der Waals surface area contributed by atoms with Gasteiger partial charge in [-0.3, -0.25) is 0 Å². The first-order valence-corrected chi connectivity index (χ1v) is 10.2. The molecule has 0 amide bonds. The van der Waals surface area contributed by atoms with E-state index in [1.54, 1.807) is 12.1 Å². The highest BCUT2D eigenvalue weighted by Gasteiger charge is 2.34. The predicted octanol–water partition coefficient (Wildman–Crippen LogP) is 5.74. The SMILES string of the molecule is CCCCCCCCCc1ccc(-c2noc(C3CNC3)n2)cc1C(F)(F)F. The maximum absolute atomic E-state index is 13.6. The molecule has 1 aromatic carbocycles. The normalized spacial score (nSPS) is 15.0. The van der Waals surface area contributed by atoms with Gasteiger partial charge in [0.25, 0.3) is 0 Å². The Kier molecular flexibility index (Phi) is 7.10. The minimum atomic E-state index is -4.39. The molecule has 1 N–H and O–H groups in total. The summed E-state index contributed by atoms with van der Waals surface area (Å²) in [6.07, 6.45) is 3.67. The highest BCUT2D eigenvalue weighted by molar-refractivity contribution is 5.57. The lowest BCUT2D eigenvalue weighted by molar-refractivity contribution is -0.138. The summed E-state index contributed by atoms with van der Waals surface area (Å²) in [6.45, 7) is 3.68. The Morgan fingerprint density at radius 1 is 1.07 bits per heavy atom. The molecule has 2 aromatic rings. The Morgan fingerprint density at radius 3 is 2.43 bits per heavy atom. The second-order valence-electron chi connectivity index (χ2n) is 7.55. The van der Waals surface area contributed by atoms with Crippen LogP contribution in [-0.4, -0.2) is 23.2 Å². The average molecular weight is 395 g/mol. The molecule has 7 heteroatoms. The van der Waals surface area contributed by atoms with Crippen molar-refractivity contribution in [2.24, 2.45) is 0 Å². The van der Waals surface area contributed by atoms with Gasteiger partial charge in [0.2, 0.25) is 11.7 Å². The Labute approximate surface area is 163 Å². The first-order valence-electron chi connectivity index (χ1n) is 10.2. The molecule has 0 unspecified atom stereocenters. The van der Waals surface area contributed by atoms with Gasteiger partial charge in [0.05, 0.1) is 11.5 Å². The molecule has 0 spiro atoms. The van der Waals surface area contributed by atoms with E-state index in [9.17, 15) is 13.2 Å². The lowest BCUT2D eigenvalue weighted by Gasteiger charge is -2.22. The molecule has 0 atom stereocenters. The van der Waals surface area contributed by atoms with Crippen molar-refractivity contribution in [1.82, 2.24) is 15.5 Å². The molecule has 1 aliphatic heterocycles. The highest BCUT2D eigenvalue weighted by Crippen LogP contribution is 2.35. The Bertz CT molecular complexity index is 754. The minimum absolute atomic E-state index is 0.153. The molecule has 1 aromatic heterocycles. The number of nitrogens with one attached hydrogen (secondary N) is 1. The number of hydrogen-bond acceptors (Lipinski definition) is 4. The molecule has 3 rings (SSSR count). The summed E-state index contributed by atoms with van der Waals surface area (Å²) in [5, 5.41) is 6.98. The average Bonchev–Trinajstić information content (AvgIpc) is 3.08. The van der Waals surface area contributed by atoms with Gasteiger partial charge in [-0.2, -0.15) is 18.2 Å². The van der Waals surface area contributed by atoms with Crippen molar-refractivity contribution in [3.63, 3.8) is 0 Å². The van der Waals surface area contributed by atoms with Crippen LogP contribution in [0.25, 0.3) is 11.4 Å². The summed E-state index contributed by atoms with van der Waals surface area (Å²) in [4.78, 5) is 4.28. The molecule has 0 saturated carbocycles. The minimum Gasteiger partial charge on any atom is -0.339 e. The molecule has 0 radical (unpaired) electrons. The number of alkyl halides is 3. The number of rotatable bonds is 10. The van der Waals surface area contributed by atoms with E-state index in [0.717, 1.165) is 44.8 Å². The van der Waals surface area contributed by atoms with Gasteiger partial charge in [0.1, 0.15) is 0 Å². The second kappa shape index (κ2) is 9.54. The van der Waals surface area contributed by atoms with Gasteiger partial charge in [-0.25, -0.2) is 0 Å². The molecule has 0 bridgehead atoms. The quantitative estimate of drug-likeness (QED) is 0.522. The van der Waals surface area contributed by atoms with E-state index in [1.165, 1.54) is 19.3 Å². The number of hydrogen-bond donors (Lipinski definition) is 1. The smallest absolute Gasteiger partial charge is 0.339 e. The van der Waals surface area contributed by atoms with Crippen LogP contribution in [0.1, 0.15) is 74.8 Å². The van der Waals surface area contributed by atoms with E-state index < -0.39 is 11.7 Å². The third-order valence-corrected chi connectivity index (χ3v) is 5.30. The van der Waals surface area contributed by atoms with Crippen molar-refractivity contribution >= 4 is 0 Å². The van der Waals surface area contributed by atoms with Gasteiger partial charge in [-0.15, -0.1) is 0 Å². The molecule has 2 heterocycles.